The summed E-state index contributed by atoms with van der Waals surface area (Å²) in [4.78, 5) is 11.9. The minimum atomic E-state index is -0.503. The van der Waals surface area contributed by atoms with Gasteiger partial charge in [-0.1, -0.05) is 19.1 Å². The molecule has 0 aromatic heterocycles. The number of carbonyl (C=O) groups is 1. The third-order valence-electron chi connectivity index (χ3n) is 3.17. The van der Waals surface area contributed by atoms with Crippen molar-refractivity contribution < 1.29 is 9.90 Å². The van der Waals surface area contributed by atoms with Crippen LogP contribution < -0.4 is 11.1 Å². The Bertz CT molecular complexity index is 370. The lowest BCUT2D eigenvalue weighted by Gasteiger charge is -2.24. The van der Waals surface area contributed by atoms with Crippen LogP contribution in [-0.2, 0) is 11.3 Å². The average Bonchev–Trinajstić information content (AvgIpc) is 2.36. The van der Waals surface area contributed by atoms with Gasteiger partial charge in [0.2, 0.25) is 5.91 Å². The first-order valence-corrected chi connectivity index (χ1v) is 5.78. The summed E-state index contributed by atoms with van der Waals surface area (Å²) in [6.07, 6.45) is 0.713. The molecular weight excluding hydrogens is 216 g/mol. The van der Waals surface area contributed by atoms with Gasteiger partial charge >= 0.3 is 0 Å². The number of benzene rings is 1. The Labute approximate surface area is 102 Å². The molecule has 94 valence electrons. The van der Waals surface area contributed by atoms with E-state index < -0.39 is 5.41 Å². The number of phenols is 1. The Morgan fingerprint density at radius 3 is 2.47 bits per heavy atom. The molecule has 4 N–H and O–H groups in total. The number of amides is 1. The second kappa shape index (κ2) is 5.68. The Hall–Kier alpha value is -1.55. The highest BCUT2D eigenvalue weighted by molar-refractivity contribution is 5.82. The van der Waals surface area contributed by atoms with Gasteiger partial charge in [0.15, 0.2) is 0 Å². The summed E-state index contributed by atoms with van der Waals surface area (Å²) in [5, 5.41) is 12.0. The van der Waals surface area contributed by atoms with Crippen LogP contribution in [0.4, 0.5) is 0 Å². The van der Waals surface area contributed by atoms with Gasteiger partial charge in [-0.15, -0.1) is 0 Å². The zero-order chi connectivity index (χ0) is 12.9. The number of aromatic hydroxyl groups is 1. The highest BCUT2D eigenvalue weighted by Crippen LogP contribution is 2.19. The normalized spacial score (nSPS) is 14.1. The smallest absolute Gasteiger partial charge is 0.227 e. The molecule has 4 heteroatoms. The lowest BCUT2D eigenvalue weighted by molar-refractivity contribution is -0.130. The fourth-order valence-corrected chi connectivity index (χ4v) is 1.41. The van der Waals surface area contributed by atoms with Crippen LogP contribution >= 0.6 is 0 Å². The van der Waals surface area contributed by atoms with Crippen molar-refractivity contribution in [2.24, 2.45) is 11.1 Å². The molecule has 0 radical (unpaired) electrons. The fourth-order valence-electron chi connectivity index (χ4n) is 1.41. The maximum atomic E-state index is 11.9. The minimum absolute atomic E-state index is 0.0319. The van der Waals surface area contributed by atoms with Crippen LogP contribution in [-0.4, -0.2) is 17.6 Å². The van der Waals surface area contributed by atoms with Crippen LogP contribution in [0.15, 0.2) is 24.3 Å². The molecule has 4 nitrogen and oxygen atoms in total. The van der Waals surface area contributed by atoms with E-state index in [0.29, 0.717) is 19.5 Å². The van der Waals surface area contributed by atoms with Crippen LogP contribution in [0.3, 0.4) is 0 Å². The maximum absolute atomic E-state index is 11.9. The molecule has 1 aromatic rings. The SMILES string of the molecule is CCC(C)(CN)C(=O)NCc1ccc(O)cc1. The van der Waals surface area contributed by atoms with Gasteiger partial charge in [-0.05, 0) is 31.0 Å². The van der Waals surface area contributed by atoms with Crippen LogP contribution in [0.25, 0.3) is 0 Å². The maximum Gasteiger partial charge on any atom is 0.227 e. The molecule has 0 aliphatic carbocycles. The van der Waals surface area contributed by atoms with E-state index in [1.165, 1.54) is 0 Å². The molecule has 0 spiro atoms. The third kappa shape index (κ3) is 3.46. The molecule has 0 saturated carbocycles. The summed E-state index contributed by atoms with van der Waals surface area (Å²) in [6, 6.07) is 6.76. The minimum Gasteiger partial charge on any atom is -0.508 e. The van der Waals surface area contributed by atoms with Gasteiger partial charge in [-0.3, -0.25) is 4.79 Å². The zero-order valence-corrected chi connectivity index (χ0v) is 10.4. The van der Waals surface area contributed by atoms with E-state index in [9.17, 15) is 4.79 Å². The Morgan fingerprint density at radius 2 is 2.00 bits per heavy atom. The number of hydrogen-bond acceptors (Lipinski definition) is 3. The Kier molecular flexibility index (Phi) is 4.52. The van der Waals surface area contributed by atoms with Crippen molar-refractivity contribution in [2.45, 2.75) is 26.8 Å². The summed E-state index contributed by atoms with van der Waals surface area (Å²) >= 11 is 0. The number of phenolic OH excluding ortho intramolecular Hbond substituents is 1. The molecule has 0 heterocycles. The Morgan fingerprint density at radius 1 is 1.41 bits per heavy atom. The van der Waals surface area contributed by atoms with E-state index >= 15 is 0 Å². The lowest BCUT2D eigenvalue weighted by Crippen LogP contribution is -2.43. The van der Waals surface area contributed by atoms with E-state index in [-0.39, 0.29) is 11.7 Å². The predicted molar refractivity (Wildman–Crippen MR) is 67.4 cm³/mol. The number of nitrogens with one attached hydrogen (secondary N) is 1. The van der Waals surface area contributed by atoms with Crippen molar-refractivity contribution in [3.05, 3.63) is 29.8 Å². The van der Waals surface area contributed by atoms with Crippen molar-refractivity contribution in [3.63, 3.8) is 0 Å². The highest BCUT2D eigenvalue weighted by Gasteiger charge is 2.29. The van der Waals surface area contributed by atoms with Gasteiger partial charge < -0.3 is 16.2 Å². The van der Waals surface area contributed by atoms with E-state index in [1.807, 2.05) is 13.8 Å². The first-order chi connectivity index (χ1) is 8.01. The molecule has 1 aromatic carbocycles. The van der Waals surface area contributed by atoms with Gasteiger partial charge in [0.25, 0.3) is 0 Å². The average molecular weight is 236 g/mol. The molecule has 1 amide bonds. The monoisotopic (exact) mass is 236 g/mol. The van der Waals surface area contributed by atoms with Crippen molar-refractivity contribution in [1.82, 2.24) is 5.32 Å². The van der Waals surface area contributed by atoms with Crippen molar-refractivity contribution in [2.75, 3.05) is 6.54 Å². The van der Waals surface area contributed by atoms with Crippen LogP contribution in [0.1, 0.15) is 25.8 Å². The molecule has 0 aliphatic rings. The molecule has 0 fully saturated rings. The molecular formula is C13H20N2O2. The largest absolute Gasteiger partial charge is 0.508 e. The summed E-state index contributed by atoms with van der Waals surface area (Å²) in [5.74, 6) is 0.191. The van der Waals surface area contributed by atoms with Gasteiger partial charge in [0.05, 0.1) is 5.41 Å². The lowest BCUT2D eigenvalue weighted by atomic mass is 9.86. The number of carbonyl (C=O) groups excluding carboxylic acids is 1. The van der Waals surface area contributed by atoms with Crippen LogP contribution in [0.5, 0.6) is 5.75 Å². The predicted octanol–water partition coefficient (Wildman–Crippen LogP) is 1.38. The topological polar surface area (TPSA) is 75.4 Å². The van der Waals surface area contributed by atoms with E-state index in [2.05, 4.69) is 5.32 Å². The first-order valence-electron chi connectivity index (χ1n) is 5.78. The highest BCUT2D eigenvalue weighted by atomic mass is 16.3. The van der Waals surface area contributed by atoms with Crippen LogP contribution in [0, 0.1) is 5.41 Å². The summed E-state index contributed by atoms with van der Waals surface area (Å²) in [7, 11) is 0. The standard InChI is InChI=1S/C13H20N2O2/c1-3-13(2,9-14)12(17)15-8-10-4-6-11(16)7-5-10/h4-7,16H,3,8-9,14H2,1-2H3,(H,15,17). The number of rotatable bonds is 5. The number of hydrogen-bond donors (Lipinski definition) is 3. The molecule has 0 bridgehead atoms. The Balaban J connectivity index is 2.56. The van der Waals surface area contributed by atoms with Crippen LogP contribution in [0.2, 0.25) is 0 Å². The van der Waals surface area contributed by atoms with Gasteiger partial charge in [0.1, 0.15) is 5.75 Å². The van der Waals surface area contributed by atoms with E-state index in [0.717, 1.165) is 5.56 Å². The van der Waals surface area contributed by atoms with Gasteiger partial charge in [0, 0.05) is 13.1 Å². The molecule has 0 aliphatic heterocycles. The quantitative estimate of drug-likeness (QED) is 0.723. The summed E-state index contributed by atoms with van der Waals surface area (Å²) in [5.41, 5.74) is 6.06. The second-order valence-electron chi connectivity index (χ2n) is 4.47. The van der Waals surface area contributed by atoms with Crippen molar-refractivity contribution in [3.8, 4) is 5.75 Å². The van der Waals surface area contributed by atoms with Crippen molar-refractivity contribution >= 4 is 5.91 Å². The fraction of sp³-hybridized carbons (Fsp3) is 0.462. The third-order valence-corrected chi connectivity index (χ3v) is 3.17. The summed E-state index contributed by atoms with van der Waals surface area (Å²) in [6.45, 7) is 4.60. The molecule has 1 unspecified atom stereocenters. The zero-order valence-electron chi connectivity index (χ0n) is 10.4. The molecule has 1 rings (SSSR count). The molecule has 0 saturated heterocycles. The number of nitrogens with two attached hydrogens (primary N) is 1. The van der Waals surface area contributed by atoms with E-state index in [4.69, 9.17) is 10.8 Å². The van der Waals surface area contributed by atoms with E-state index in [1.54, 1.807) is 24.3 Å². The molecule has 17 heavy (non-hydrogen) atoms. The molecule has 1 atom stereocenters. The second-order valence-corrected chi connectivity index (χ2v) is 4.47. The van der Waals surface area contributed by atoms with Crippen molar-refractivity contribution in [1.29, 1.82) is 0 Å². The van der Waals surface area contributed by atoms with Gasteiger partial charge in [-0.2, -0.15) is 0 Å². The summed E-state index contributed by atoms with van der Waals surface area (Å²) < 4.78 is 0. The first kappa shape index (κ1) is 13.5. The van der Waals surface area contributed by atoms with Gasteiger partial charge in [-0.25, -0.2) is 0 Å².